The highest BCUT2D eigenvalue weighted by atomic mass is 32.2. The van der Waals surface area contributed by atoms with E-state index in [-0.39, 0.29) is 12.1 Å². The molecular formula is C20H25NO4S. The second kappa shape index (κ2) is 8.20. The van der Waals surface area contributed by atoms with E-state index in [1.54, 1.807) is 7.11 Å². The highest BCUT2D eigenvalue weighted by Gasteiger charge is 2.35. The molecule has 0 radical (unpaired) electrons. The Labute approximate surface area is 155 Å². The Balaban J connectivity index is 1.87. The maximum absolute atomic E-state index is 11.8. The first kappa shape index (κ1) is 18.9. The van der Waals surface area contributed by atoms with E-state index in [0.717, 1.165) is 49.1 Å². The van der Waals surface area contributed by atoms with Gasteiger partial charge in [0.2, 0.25) is 0 Å². The molecule has 1 heterocycles. The third kappa shape index (κ3) is 4.84. The highest BCUT2D eigenvalue weighted by Crippen LogP contribution is 2.35. The lowest BCUT2D eigenvalue weighted by atomic mass is 9.92. The quantitative estimate of drug-likeness (QED) is 0.725. The number of ether oxygens (including phenoxy) is 1. The minimum absolute atomic E-state index is 0.0956. The Morgan fingerprint density at radius 1 is 1.08 bits per heavy atom. The summed E-state index contributed by atoms with van der Waals surface area (Å²) in [6.07, 6.45) is 2.38. The zero-order chi connectivity index (χ0) is 18.6. The molecular weight excluding hydrogens is 350 g/mol. The normalized spacial score (nSPS) is 21.5. The van der Waals surface area contributed by atoms with E-state index in [1.165, 1.54) is 0 Å². The molecule has 1 fully saturated rings. The molecule has 2 atom stereocenters. The summed E-state index contributed by atoms with van der Waals surface area (Å²) in [5, 5.41) is 0. The Morgan fingerprint density at radius 3 is 2.38 bits per heavy atom. The van der Waals surface area contributed by atoms with Crippen molar-refractivity contribution < 1.29 is 17.3 Å². The van der Waals surface area contributed by atoms with Crippen molar-refractivity contribution in [2.75, 3.05) is 19.9 Å². The topological polar surface area (TPSA) is 55.8 Å². The lowest BCUT2D eigenvalue weighted by Crippen LogP contribution is -2.43. The van der Waals surface area contributed by atoms with E-state index >= 15 is 0 Å². The van der Waals surface area contributed by atoms with Crippen molar-refractivity contribution in [1.82, 2.24) is 4.90 Å². The molecule has 0 amide bonds. The van der Waals surface area contributed by atoms with Gasteiger partial charge in [0, 0.05) is 6.54 Å². The summed E-state index contributed by atoms with van der Waals surface area (Å²) in [5.74, 6) is 0.824. The van der Waals surface area contributed by atoms with Crippen LogP contribution >= 0.6 is 0 Å². The Hall–Kier alpha value is -1.89. The lowest BCUT2D eigenvalue weighted by Gasteiger charge is -2.41. The van der Waals surface area contributed by atoms with Gasteiger partial charge >= 0.3 is 0 Å². The highest BCUT2D eigenvalue weighted by molar-refractivity contribution is 7.86. The zero-order valence-corrected chi connectivity index (χ0v) is 16.0. The molecule has 3 rings (SSSR count). The summed E-state index contributed by atoms with van der Waals surface area (Å²) in [5.41, 5.74) is 2.24. The van der Waals surface area contributed by atoms with Gasteiger partial charge in [-0.15, -0.1) is 0 Å². The molecule has 0 N–H and O–H groups in total. The summed E-state index contributed by atoms with van der Waals surface area (Å²) in [6.45, 7) is 1.63. The van der Waals surface area contributed by atoms with Crippen molar-refractivity contribution in [1.29, 1.82) is 0 Å². The summed E-state index contributed by atoms with van der Waals surface area (Å²) in [7, 11) is -1.86. The summed E-state index contributed by atoms with van der Waals surface area (Å²) in [4.78, 5) is 2.30. The second-order valence-electron chi connectivity index (χ2n) is 6.66. The van der Waals surface area contributed by atoms with Gasteiger partial charge in [-0.25, -0.2) is 0 Å². The molecule has 0 aliphatic carbocycles. The molecule has 0 aromatic heterocycles. The third-order valence-corrected chi connectivity index (χ3v) is 5.26. The van der Waals surface area contributed by atoms with Crippen LogP contribution in [-0.4, -0.2) is 39.3 Å². The van der Waals surface area contributed by atoms with Crippen molar-refractivity contribution >= 4 is 10.1 Å². The van der Waals surface area contributed by atoms with Gasteiger partial charge in [0.25, 0.3) is 10.1 Å². The molecule has 2 aromatic rings. The molecule has 6 heteroatoms. The average molecular weight is 375 g/mol. The van der Waals surface area contributed by atoms with E-state index in [1.807, 2.05) is 54.6 Å². The molecule has 26 heavy (non-hydrogen) atoms. The Morgan fingerprint density at radius 2 is 1.77 bits per heavy atom. The SMILES string of the molecule is COc1ccc(CN2CCC[C@H](OS(C)(=O)=O)[C@H]2c2ccccc2)cc1. The summed E-state index contributed by atoms with van der Waals surface area (Å²) >= 11 is 0. The van der Waals surface area contributed by atoms with Gasteiger partial charge in [-0.05, 0) is 42.6 Å². The maximum Gasteiger partial charge on any atom is 0.264 e. The van der Waals surface area contributed by atoms with Crippen molar-refractivity contribution in [2.24, 2.45) is 0 Å². The smallest absolute Gasteiger partial charge is 0.264 e. The fourth-order valence-electron chi connectivity index (χ4n) is 3.57. The van der Waals surface area contributed by atoms with Crippen LogP contribution in [0.25, 0.3) is 0 Å². The van der Waals surface area contributed by atoms with Crippen LogP contribution in [0.2, 0.25) is 0 Å². The molecule has 140 valence electrons. The predicted octanol–water partition coefficient (Wildman–Crippen LogP) is 3.38. The fourth-order valence-corrected chi connectivity index (χ4v) is 4.22. The van der Waals surface area contributed by atoms with Crippen LogP contribution in [0, 0.1) is 0 Å². The maximum atomic E-state index is 11.8. The first-order valence-corrected chi connectivity index (χ1v) is 10.6. The Kier molecular flexibility index (Phi) is 5.96. The largest absolute Gasteiger partial charge is 0.497 e. The molecule has 2 aromatic carbocycles. The van der Waals surface area contributed by atoms with Gasteiger partial charge in [-0.2, -0.15) is 8.42 Å². The Bertz CT molecular complexity index is 805. The molecule has 1 aliphatic heterocycles. The van der Waals surface area contributed by atoms with Gasteiger partial charge in [0.15, 0.2) is 0 Å². The number of methoxy groups -OCH3 is 1. The van der Waals surface area contributed by atoms with Gasteiger partial charge in [-0.3, -0.25) is 9.08 Å². The molecule has 0 bridgehead atoms. The van der Waals surface area contributed by atoms with Crippen LogP contribution in [0.1, 0.15) is 30.0 Å². The molecule has 1 saturated heterocycles. The van der Waals surface area contributed by atoms with E-state index in [0.29, 0.717) is 0 Å². The first-order valence-electron chi connectivity index (χ1n) is 8.76. The average Bonchev–Trinajstić information content (AvgIpc) is 2.62. The second-order valence-corrected chi connectivity index (χ2v) is 8.26. The summed E-state index contributed by atoms with van der Waals surface area (Å²) in [6, 6.07) is 17.9. The zero-order valence-electron chi connectivity index (χ0n) is 15.2. The predicted molar refractivity (Wildman–Crippen MR) is 102 cm³/mol. The van der Waals surface area contributed by atoms with Gasteiger partial charge in [0.1, 0.15) is 5.75 Å². The molecule has 0 spiro atoms. The number of hydrogen-bond acceptors (Lipinski definition) is 5. The third-order valence-electron chi connectivity index (χ3n) is 4.66. The van der Waals surface area contributed by atoms with Crippen LogP contribution in [-0.2, 0) is 20.8 Å². The van der Waals surface area contributed by atoms with E-state index in [9.17, 15) is 8.42 Å². The number of nitrogens with zero attached hydrogens (tertiary/aromatic N) is 1. The molecule has 5 nitrogen and oxygen atoms in total. The minimum Gasteiger partial charge on any atom is -0.497 e. The molecule has 1 aliphatic rings. The molecule has 0 unspecified atom stereocenters. The van der Waals surface area contributed by atoms with Crippen LogP contribution in [0.3, 0.4) is 0 Å². The van der Waals surface area contributed by atoms with Crippen LogP contribution < -0.4 is 4.74 Å². The minimum atomic E-state index is -3.51. The van der Waals surface area contributed by atoms with Gasteiger partial charge in [0.05, 0.1) is 25.5 Å². The van der Waals surface area contributed by atoms with Gasteiger partial charge in [-0.1, -0.05) is 42.5 Å². The van der Waals surface area contributed by atoms with Crippen molar-refractivity contribution in [3.05, 3.63) is 65.7 Å². The van der Waals surface area contributed by atoms with E-state index in [2.05, 4.69) is 4.90 Å². The van der Waals surface area contributed by atoms with Crippen molar-refractivity contribution in [2.45, 2.75) is 31.5 Å². The molecule has 0 saturated carbocycles. The lowest BCUT2D eigenvalue weighted by molar-refractivity contribution is 0.0251. The first-order chi connectivity index (χ1) is 12.5. The number of benzene rings is 2. The standard InChI is InChI=1S/C20H25NO4S/c1-24-18-12-10-16(11-13-18)15-21-14-6-9-19(25-26(2,22)23)20(21)17-7-4-3-5-8-17/h3-5,7-8,10-13,19-20H,6,9,14-15H2,1-2H3/t19-,20+/m0/s1. The van der Waals surface area contributed by atoms with Crippen molar-refractivity contribution in [3.8, 4) is 5.75 Å². The van der Waals surface area contributed by atoms with Crippen LogP contribution in [0.15, 0.2) is 54.6 Å². The van der Waals surface area contributed by atoms with Crippen LogP contribution in [0.5, 0.6) is 5.75 Å². The van der Waals surface area contributed by atoms with Crippen LogP contribution in [0.4, 0.5) is 0 Å². The monoisotopic (exact) mass is 375 g/mol. The number of piperidine rings is 1. The van der Waals surface area contributed by atoms with E-state index < -0.39 is 10.1 Å². The number of likely N-dealkylation sites (tertiary alicyclic amines) is 1. The fraction of sp³-hybridized carbons (Fsp3) is 0.400. The van der Waals surface area contributed by atoms with E-state index in [4.69, 9.17) is 8.92 Å². The number of rotatable bonds is 6. The summed E-state index contributed by atoms with van der Waals surface area (Å²) < 4.78 is 34.2. The van der Waals surface area contributed by atoms with Crippen molar-refractivity contribution in [3.63, 3.8) is 0 Å². The number of hydrogen-bond donors (Lipinski definition) is 0. The van der Waals surface area contributed by atoms with Gasteiger partial charge < -0.3 is 4.74 Å².